The summed E-state index contributed by atoms with van der Waals surface area (Å²) in [5.74, 6) is -10.4. The van der Waals surface area contributed by atoms with Crippen LogP contribution < -0.4 is 16.0 Å². The molecule has 0 bridgehead atoms. The lowest BCUT2D eigenvalue weighted by Gasteiger charge is -2.44. The van der Waals surface area contributed by atoms with E-state index in [1.54, 1.807) is 11.8 Å². The van der Waals surface area contributed by atoms with Crippen LogP contribution in [0.2, 0.25) is 0 Å². The van der Waals surface area contributed by atoms with E-state index < -0.39 is 175 Å². The lowest BCUT2D eigenvalue weighted by molar-refractivity contribution is -0.182. The topological polar surface area (TPSA) is 270 Å². The first-order chi connectivity index (χ1) is 46.8. The average molecular weight is 1420 g/mol. The molecule has 10 atom stereocenters. The van der Waals surface area contributed by atoms with E-state index in [0.717, 1.165) is 66.1 Å². The number of nitrogens with zero attached hydrogens (tertiary/aromatic N) is 9. The van der Waals surface area contributed by atoms with Gasteiger partial charge in [0.1, 0.15) is 41.8 Å². The highest BCUT2D eigenvalue weighted by Crippen LogP contribution is 2.44. The van der Waals surface area contributed by atoms with E-state index in [9.17, 15) is 51.5 Å². The maximum absolute atomic E-state index is 15.6. The van der Waals surface area contributed by atoms with E-state index >= 15 is 19.2 Å². The number of piperidine rings is 1. The highest BCUT2D eigenvalue weighted by atomic mass is 35.5. The molecule has 0 aromatic heterocycles. The Balaban J connectivity index is 1.26. The highest BCUT2D eigenvalue weighted by Gasteiger charge is 2.52. The summed E-state index contributed by atoms with van der Waals surface area (Å²) in [7, 11) is 9.98. The molecule has 3 N–H and O–H groups in total. The first-order valence-corrected chi connectivity index (χ1v) is 37.2. The molecule has 5 saturated carbocycles. The summed E-state index contributed by atoms with van der Waals surface area (Å²) >= 11 is 6.44. The number of amides is 12. The summed E-state index contributed by atoms with van der Waals surface area (Å²) in [6, 6.07) is -7.88. The van der Waals surface area contributed by atoms with Crippen molar-refractivity contribution in [3.63, 3.8) is 0 Å². The first kappa shape index (κ1) is 80.0. The molecule has 99 heavy (non-hydrogen) atoms. The zero-order valence-corrected chi connectivity index (χ0v) is 61.2. The van der Waals surface area contributed by atoms with Gasteiger partial charge in [0.15, 0.2) is 0 Å². The number of carbonyl (C=O) groups excluding carboxylic acids is 12. The molecule has 558 valence electrons. The van der Waals surface area contributed by atoms with Crippen molar-refractivity contribution in [1.82, 2.24) is 60.0 Å². The molecule has 2 saturated heterocycles. The van der Waals surface area contributed by atoms with Crippen LogP contribution in [-0.4, -0.2) is 263 Å². The van der Waals surface area contributed by atoms with Gasteiger partial charge in [-0.25, -0.2) is 0 Å². The van der Waals surface area contributed by atoms with Crippen LogP contribution in [0.3, 0.4) is 0 Å². The molecule has 1 spiro atoms. The van der Waals surface area contributed by atoms with Gasteiger partial charge in [0.2, 0.25) is 70.9 Å². The van der Waals surface area contributed by atoms with Gasteiger partial charge in [-0.15, -0.1) is 11.6 Å². The molecule has 2 heterocycles. The summed E-state index contributed by atoms with van der Waals surface area (Å²) in [5.41, 5.74) is -1.55. The van der Waals surface area contributed by atoms with Crippen molar-refractivity contribution in [3.05, 3.63) is 0 Å². The third-order valence-electron chi connectivity index (χ3n) is 23.2. The Labute approximate surface area is 588 Å². The van der Waals surface area contributed by atoms with E-state index in [-0.39, 0.29) is 69.1 Å². The van der Waals surface area contributed by atoms with Gasteiger partial charge in [0.05, 0.1) is 38.5 Å². The Morgan fingerprint density at radius 1 is 0.586 bits per heavy atom. The SMILES string of the molecule is CC[C@H](C)[C@@H]1NC(=O)[C@H](C)N(C)C(=O)C[C@@H](C(=O)N2CCCCC2)N(C)C(=O)[C@H](C2CCC2)N(C)C(=O)C2(CCCC2)NC(=O)CN(C2CCCCC2)C(=O)[C@H](CCC2CCC(C(F)(F)F)C(Cl)C2)NC(=O)CN(C)C(=O)[C@H](CC2CCCCC2)N(C)C(=O)CN(C)C(=O)CN(C)C1=O. The van der Waals surface area contributed by atoms with Crippen LogP contribution in [-0.2, 0) is 57.5 Å². The minimum Gasteiger partial charge on any atom is -0.343 e. The molecule has 12 amide bonds. The van der Waals surface area contributed by atoms with Crippen molar-refractivity contribution in [2.24, 2.45) is 29.6 Å². The maximum Gasteiger partial charge on any atom is 0.393 e. The summed E-state index contributed by atoms with van der Waals surface area (Å²) in [6.45, 7) is 3.66. The number of likely N-dealkylation sites (tertiary alicyclic amines) is 1. The molecule has 5 aliphatic carbocycles. The number of rotatable bonds is 10. The third kappa shape index (κ3) is 20.5. The number of halogens is 4. The van der Waals surface area contributed by atoms with Crippen LogP contribution in [0.25, 0.3) is 0 Å². The van der Waals surface area contributed by atoms with Gasteiger partial charge in [-0.2, -0.15) is 13.2 Å². The smallest absolute Gasteiger partial charge is 0.343 e. The fourth-order valence-corrected chi connectivity index (χ4v) is 16.6. The van der Waals surface area contributed by atoms with Crippen molar-refractivity contribution in [2.75, 3.05) is 88.6 Å². The first-order valence-electron chi connectivity index (χ1n) is 36.8. The highest BCUT2D eigenvalue weighted by molar-refractivity contribution is 6.20. The molecular formula is C71H114ClF3N12O12. The number of likely N-dealkylation sites (N-methyl/N-ethyl adjacent to an activating group) is 7. The van der Waals surface area contributed by atoms with Crippen molar-refractivity contribution >= 4 is 82.5 Å². The molecule has 2 aliphatic heterocycles. The van der Waals surface area contributed by atoms with Gasteiger partial charge in [-0.1, -0.05) is 90.9 Å². The molecule has 7 rings (SSSR count). The quantitative estimate of drug-likeness (QED) is 0.218. The van der Waals surface area contributed by atoms with Crippen LogP contribution in [0.1, 0.15) is 201 Å². The Morgan fingerprint density at radius 2 is 1.18 bits per heavy atom. The Bertz CT molecular complexity index is 2860. The van der Waals surface area contributed by atoms with E-state index in [2.05, 4.69) is 16.0 Å². The summed E-state index contributed by atoms with van der Waals surface area (Å²) in [4.78, 5) is 190. The third-order valence-corrected chi connectivity index (χ3v) is 23.7. The van der Waals surface area contributed by atoms with Gasteiger partial charge in [-0.3, -0.25) is 57.5 Å². The minimum atomic E-state index is -4.51. The number of carbonyl (C=O) groups is 12. The monoisotopic (exact) mass is 1420 g/mol. The second kappa shape index (κ2) is 36.0. The van der Waals surface area contributed by atoms with E-state index in [0.29, 0.717) is 83.7 Å². The van der Waals surface area contributed by atoms with E-state index in [1.807, 2.05) is 6.92 Å². The van der Waals surface area contributed by atoms with Crippen molar-refractivity contribution in [1.29, 1.82) is 0 Å². The van der Waals surface area contributed by atoms with Crippen LogP contribution in [0, 0.1) is 29.6 Å². The Kier molecular flexibility index (Phi) is 29.1. The lowest BCUT2D eigenvalue weighted by Crippen LogP contribution is -2.65. The molecule has 0 aromatic rings. The zero-order valence-electron chi connectivity index (χ0n) is 60.5. The standard InChI is InChI=1S/C71H114ClF3N12O12/c1-11-45(2)61-67(97)81(6)43-59(91)79(4)44-60(92)83(8)54(39-47-24-15-12-16-25-47)65(95)80(5)41-56(88)76-53(33-31-48-30-32-51(52(72)38-48)71(73,74)75)64(94)87(50-28-17-13-18-29-50)42-57(89)78-70(34-19-20-35-70)69(99)85(10)62(49-26-23-27-49)68(98)84(9)55(66(96)86-36-21-14-22-37-86)40-58(90)82(7)46(3)63(93)77-61/h45-55,61-62H,11-44H2,1-10H3,(H,76,88)(H,77,93)(H,78,89)/t45-,46-,48?,51?,52?,53-,54-,55-,61-,62-/m0/s1. The molecule has 7 aliphatic rings. The van der Waals surface area contributed by atoms with Gasteiger partial charge < -0.3 is 60.0 Å². The van der Waals surface area contributed by atoms with Gasteiger partial charge in [-0.05, 0) is 127 Å². The van der Waals surface area contributed by atoms with Crippen molar-refractivity contribution < 1.29 is 70.7 Å². The number of hydrogen-bond acceptors (Lipinski definition) is 12. The van der Waals surface area contributed by atoms with Crippen LogP contribution in [0.15, 0.2) is 0 Å². The Hall–Kier alpha value is -6.28. The molecule has 0 radical (unpaired) electrons. The van der Waals surface area contributed by atoms with Crippen molar-refractivity contribution in [3.8, 4) is 0 Å². The number of hydrogen-bond donors (Lipinski definition) is 3. The van der Waals surface area contributed by atoms with E-state index in [1.165, 1.54) is 80.8 Å². The summed E-state index contributed by atoms with van der Waals surface area (Å²) in [6.07, 6.45) is 8.95. The number of alkyl halides is 4. The fraction of sp³-hybridized carbons (Fsp3) is 0.831. The summed E-state index contributed by atoms with van der Waals surface area (Å²) in [5, 5.41) is 7.54. The lowest BCUT2D eigenvalue weighted by atomic mass is 9.77. The Morgan fingerprint density at radius 3 is 1.77 bits per heavy atom. The van der Waals surface area contributed by atoms with Crippen LogP contribution in [0.4, 0.5) is 13.2 Å². The average Bonchev–Trinajstić information content (AvgIpc) is 1.76. The normalized spacial score (nSPS) is 29.8. The molecule has 7 fully saturated rings. The second-order valence-electron chi connectivity index (χ2n) is 30.2. The van der Waals surface area contributed by atoms with Crippen LogP contribution in [0.5, 0.6) is 0 Å². The van der Waals surface area contributed by atoms with E-state index in [4.69, 9.17) is 11.6 Å². The zero-order chi connectivity index (χ0) is 72.8. The molecule has 24 nitrogen and oxygen atoms in total. The maximum atomic E-state index is 15.6. The number of nitrogens with one attached hydrogen (secondary N) is 3. The second-order valence-corrected chi connectivity index (χ2v) is 30.8. The predicted molar refractivity (Wildman–Crippen MR) is 365 cm³/mol. The molecular weight excluding hydrogens is 1310 g/mol. The van der Waals surface area contributed by atoms with Gasteiger partial charge in [0.25, 0.3) is 0 Å². The molecule has 0 aromatic carbocycles. The minimum absolute atomic E-state index is 0.00350. The van der Waals surface area contributed by atoms with Crippen LogP contribution >= 0.6 is 11.6 Å². The largest absolute Gasteiger partial charge is 0.393 e. The molecule has 3 unspecified atom stereocenters. The van der Waals surface area contributed by atoms with Gasteiger partial charge >= 0.3 is 6.18 Å². The predicted octanol–water partition coefficient (Wildman–Crippen LogP) is 5.85. The fourth-order valence-electron chi connectivity index (χ4n) is 16.1. The summed E-state index contributed by atoms with van der Waals surface area (Å²) < 4.78 is 42.2. The van der Waals surface area contributed by atoms with Crippen molar-refractivity contribution in [2.45, 2.75) is 260 Å². The molecule has 28 heteroatoms. The van der Waals surface area contributed by atoms with Gasteiger partial charge in [0, 0.05) is 73.8 Å².